The highest BCUT2D eigenvalue weighted by Gasteiger charge is 2.29. The van der Waals surface area contributed by atoms with Gasteiger partial charge in [0.2, 0.25) is 6.10 Å². The Bertz CT molecular complexity index is 1280. The van der Waals surface area contributed by atoms with E-state index >= 15 is 0 Å². The average molecular weight is 482 g/mol. The zero-order valence-electron chi connectivity index (χ0n) is 18.3. The van der Waals surface area contributed by atoms with Gasteiger partial charge in [-0.05, 0) is 60.5 Å². The van der Waals surface area contributed by atoms with Crippen molar-refractivity contribution in [3.8, 4) is 17.2 Å². The number of nitro benzene ring substituents is 1. The van der Waals surface area contributed by atoms with Crippen LogP contribution < -0.4 is 14.8 Å². The van der Waals surface area contributed by atoms with E-state index in [1.54, 1.807) is 37.4 Å². The molecule has 0 radical (unpaired) electrons. The number of rotatable bonds is 7. The summed E-state index contributed by atoms with van der Waals surface area (Å²) < 4.78 is 10.9. The molecule has 0 spiro atoms. The number of nitrogens with one attached hydrogen (secondary N) is 1. The Morgan fingerprint density at radius 2 is 1.85 bits per heavy atom. The van der Waals surface area contributed by atoms with Gasteiger partial charge in [0.25, 0.3) is 11.6 Å². The van der Waals surface area contributed by atoms with Crippen LogP contribution in [-0.2, 0) is 9.63 Å². The number of anilines is 1. The fraction of sp³-hybridized carbons (Fsp3) is 0.167. The van der Waals surface area contributed by atoms with Crippen molar-refractivity contribution in [1.29, 1.82) is 0 Å². The van der Waals surface area contributed by atoms with E-state index in [1.165, 1.54) is 18.2 Å². The van der Waals surface area contributed by atoms with Crippen molar-refractivity contribution in [2.45, 2.75) is 19.4 Å². The summed E-state index contributed by atoms with van der Waals surface area (Å²) >= 11 is 6.04. The van der Waals surface area contributed by atoms with E-state index in [2.05, 4.69) is 10.5 Å². The van der Waals surface area contributed by atoms with Crippen molar-refractivity contribution >= 4 is 34.6 Å². The summed E-state index contributed by atoms with van der Waals surface area (Å²) in [5.74, 6) is 0.862. The van der Waals surface area contributed by atoms with E-state index in [-0.39, 0.29) is 23.5 Å². The van der Waals surface area contributed by atoms with Crippen LogP contribution in [0.3, 0.4) is 0 Å². The predicted molar refractivity (Wildman–Crippen MR) is 127 cm³/mol. The molecule has 3 aromatic rings. The zero-order valence-corrected chi connectivity index (χ0v) is 19.0. The molecule has 0 bridgehead atoms. The van der Waals surface area contributed by atoms with Gasteiger partial charge < -0.3 is 19.6 Å². The number of nitro groups is 1. The summed E-state index contributed by atoms with van der Waals surface area (Å²) in [6, 6.07) is 16.3. The number of methoxy groups -OCH3 is 1. The quantitative estimate of drug-likeness (QED) is 0.352. The normalized spacial score (nSPS) is 14.7. The molecule has 0 saturated heterocycles. The van der Waals surface area contributed by atoms with Crippen LogP contribution in [0, 0.1) is 17.0 Å². The maximum Gasteiger partial charge on any atom is 0.275 e. The molecule has 1 N–H and O–H groups in total. The number of non-ortho nitro benzene ring substituents is 1. The Hall–Kier alpha value is -4.11. The number of amides is 1. The number of carbonyl (C=O) groups is 1. The predicted octanol–water partition coefficient (Wildman–Crippen LogP) is 5.49. The molecular formula is C24H20ClN3O6. The van der Waals surface area contributed by atoms with Gasteiger partial charge in [-0.15, -0.1) is 0 Å². The lowest BCUT2D eigenvalue weighted by Gasteiger charge is -2.12. The van der Waals surface area contributed by atoms with Gasteiger partial charge in [0.05, 0.1) is 29.5 Å². The number of nitrogens with zero attached hydrogens (tertiary/aromatic N) is 2. The van der Waals surface area contributed by atoms with Gasteiger partial charge in [-0.2, -0.15) is 0 Å². The van der Waals surface area contributed by atoms with Crippen molar-refractivity contribution in [2.75, 3.05) is 12.4 Å². The molecule has 10 heteroatoms. The monoisotopic (exact) mass is 481 g/mol. The van der Waals surface area contributed by atoms with Gasteiger partial charge in [0, 0.05) is 23.6 Å². The first-order valence-electron chi connectivity index (χ1n) is 10.2. The number of halogens is 1. The van der Waals surface area contributed by atoms with E-state index < -0.39 is 16.9 Å². The second-order valence-electron chi connectivity index (χ2n) is 7.54. The van der Waals surface area contributed by atoms with E-state index in [0.717, 1.165) is 11.1 Å². The summed E-state index contributed by atoms with van der Waals surface area (Å²) in [5, 5.41) is 18.7. The molecule has 1 unspecified atom stereocenters. The van der Waals surface area contributed by atoms with E-state index in [1.807, 2.05) is 19.1 Å². The lowest BCUT2D eigenvalue weighted by atomic mass is 10.0. The smallest absolute Gasteiger partial charge is 0.275 e. The first-order chi connectivity index (χ1) is 16.3. The Balaban J connectivity index is 1.47. The third-order valence-corrected chi connectivity index (χ3v) is 5.54. The number of hydrogen-bond donors (Lipinski definition) is 1. The summed E-state index contributed by atoms with van der Waals surface area (Å²) in [6.07, 6.45) is -0.625. The van der Waals surface area contributed by atoms with E-state index in [9.17, 15) is 14.9 Å². The van der Waals surface area contributed by atoms with Crippen LogP contribution in [0.4, 0.5) is 11.4 Å². The minimum atomic E-state index is -0.875. The minimum Gasteiger partial charge on any atom is -0.497 e. The average Bonchev–Trinajstić information content (AvgIpc) is 3.32. The topological polar surface area (TPSA) is 112 Å². The Morgan fingerprint density at radius 1 is 1.12 bits per heavy atom. The van der Waals surface area contributed by atoms with Crippen molar-refractivity contribution in [1.82, 2.24) is 0 Å². The molecular weight excluding hydrogens is 462 g/mol. The molecule has 4 rings (SSSR count). The lowest BCUT2D eigenvalue weighted by molar-refractivity contribution is -0.384. The molecule has 34 heavy (non-hydrogen) atoms. The standard InChI is InChI=1S/C24H20ClN3O6/c1-14-9-19(7-8-21(14)25)33-20-11-16(10-17(12-20)28(30)31)26-24(29)23-13-22(27-34-23)15-3-5-18(32-2)6-4-15/h3-12,23H,13H2,1-2H3,(H,26,29). The lowest BCUT2D eigenvalue weighted by Crippen LogP contribution is -2.28. The van der Waals surface area contributed by atoms with Gasteiger partial charge in [-0.1, -0.05) is 16.8 Å². The molecule has 0 aliphatic carbocycles. The number of aryl methyl sites for hydroxylation is 1. The summed E-state index contributed by atoms with van der Waals surface area (Å²) in [5.41, 5.74) is 2.18. The number of carbonyl (C=O) groups excluding carboxylic acids is 1. The highest BCUT2D eigenvalue weighted by atomic mass is 35.5. The molecule has 1 heterocycles. The molecule has 0 fully saturated rings. The van der Waals surface area contributed by atoms with Crippen LogP contribution >= 0.6 is 11.6 Å². The van der Waals surface area contributed by atoms with Crippen LogP contribution in [0.15, 0.2) is 65.8 Å². The Kier molecular flexibility index (Phi) is 6.65. The van der Waals surface area contributed by atoms with Crippen LogP contribution in [0.5, 0.6) is 17.2 Å². The molecule has 1 atom stereocenters. The molecule has 0 saturated carbocycles. The number of hydrogen-bond acceptors (Lipinski definition) is 7. The molecule has 3 aromatic carbocycles. The Labute approximate surface area is 200 Å². The molecule has 9 nitrogen and oxygen atoms in total. The fourth-order valence-corrected chi connectivity index (χ4v) is 3.45. The first-order valence-corrected chi connectivity index (χ1v) is 10.6. The first kappa shape index (κ1) is 23.1. The van der Waals surface area contributed by atoms with Crippen LogP contribution in [0.1, 0.15) is 17.5 Å². The largest absolute Gasteiger partial charge is 0.497 e. The second kappa shape index (κ2) is 9.80. The summed E-state index contributed by atoms with van der Waals surface area (Å²) in [7, 11) is 1.58. The third-order valence-electron chi connectivity index (χ3n) is 5.12. The summed E-state index contributed by atoms with van der Waals surface area (Å²) in [6.45, 7) is 1.82. The van der Waals surface area contributed by atoms with Crippen molar-refractivity contribution < 1.29 is 24.0 Å². The minimum absolute atomic E-state index is 0.189. The highest BCUT2D eigenvalue weighted by molar-refractivity contribution is 6.31. The van der Waals surface area contributed by atoms with Gasteiger partial charge in [0.1, 0.15) is 17.2 Å². The second-order valence-corrected chi connectivity index (χ2v) is 7.95. The summed E-state index contributed by atoms with van der Waals surface area (Å²) in [4.78, 5) is 28.9. The highest BCUT2D eigenvalue weighted by Crippen LogP contribution is 2.32. The van der Waals surface area contributed by atoms with Crippen LogP contribution in [-0.4, -0.2) is 29.8 Å². The van der Waals surface area contributed by atoms with Crippen LogP contribution in [0.25, 0.3) is 0 Å². The molecule has 1 aliphatic heterocycles. The number of oxime groups is 1. The number of ether oxygens (including phenoxy) is 2. The molecule has 0 aromatic heterocycles. The van der Waals surface area contributed by atoms with Gasteiger partial charge in [-0.25, -0.2) is 0 Å². The van der Waals surface area contributed by atoms with Crippen molar-refractivity contribution in [3.63, 3.8) is 0 Å². The Morgan fingerprint density at radius 3 is 2.53 bits per heavy atom. The van der Waals surface area contributed by atoms with Gasteiger partial charge in [0.15, 0.2) is 0 Å². The van der Waals surface area contributed by atoms with E-state index in [0.29, 0.717) is 22.2 Å². The fourth-order valence-electron chi connectivity index (χ4n) is 3.33. The van der Waals surface area contributed by atoms with Crippen molar-refractivity contribution in [2.24, 2.45) is 5.16 Å². The van der Waals surface area contributed by atoms with E-state index in [4.69, 9.17) is 25.9 Å². The molecule has 1 aliphatic rings. The zero-order chi connectivity index (χ0) is 24.2. The SMILES string of the molecule is COc1ccc(C2=NOC(C(=O)Nc3cc(Oc4ccc(Cl)c(C)c4)cc([N+](=O)[O-])c3)C2)cc1. The van der Waals surface area contributed by atoms with Gasteiger partial charge in [-0.3, -0.25) is 14.9 Å². The van der Waals surface area contributed by atoms with Crippen molar-refractivity contribution in [3.05, 3.63) is 86.9 Å². The molecule has 174 valence electrons. The van der Waals surface area contributed by atoms with Crippen LogP contribution in [0.2, 0.25) is 5.02 Å². The van der Waals surface area contributed by atoms with Gasteiger partial charge >= 0.3 is 0 Å². The maximum absolute atomic E-state index is 12.8. The third kappa shape index (κ3) is 5.26. The maximum atomic E-state index is 12.8. The number of benzene rings is 3. The molecule has 1 amide bonds.